The number of allylic oxidation sites excluding steroid dienone is 1. The molecule has 0 saturated heterocycles. The van der Waals surface area contributed by atoms with E-state index in [4.69, 9.17) is 18.9 Å². The van der Waals surface area contributed by atoms with Gasteiger partial charge in [0, 0.05) is 18.6 Å². The number of ether oxygens (including phenoxy) is 4. The van der Waals surface area contributed by atoms with Crippen LogP contribution < -0.4 is 14.2 Å². The van der Waals surface area contributed by atoms with Crippen LogP contribution in [-0.4, -0.2) is 62.3 Å². The van der Waals surface area contributed by atoms with Gasteiger partial charge in [0.2, 0.25) is 12.5 Å². The lowest BCUT2D eigenvalue weighted by atomic mass is 9.89. The van der Waals surface area contributed by atoms with Crippen molar-refractivity contribution in [3.63, 3.8) is 0 Å². The van der Waals surface area contributed by atoms with E-state index in [2.05, 4.69) is 0 Å². The second-order valence-electron chi connectivity index (χ2n) is 8.46. The van der Waals surface area contributed by atoms with E-state index in [0.717, 1.165) is 11.1 Å². The molecule has 2 aromatic rings. The highest BCUT2D eigenvalue weighted by atomic mass is 16.7. The molecule has 0 spiro atoms. The number of esters is 1. The number of carbonyl (C=O) groups is 2. The predicted octanol–water partition coefficient (Wildman–Crippen LogP) is 2.90. The van der Waals surface area contributed by atoms with E-state index in [1.165, 1.54) is 32.4 Å². The van der Waals surface area contributed by atoms with E-state index in [-0.39, 0.29) is 30.8 Å². The topological polar surface area (TPSA) is 114 Å². The quantitative estimate of drug-likeness (QED) is 0.152. The zero-order chi connectivity index (χ0) is 24.5. The molecule has 2 heterocycles. The Morgan fingerprint density at radius 2 is 1.85 bits per heavy atom. The number of methoxy groups -OCH3 is 2. The van der Waals surface area contributed by atoms with Crippen LogP contribution in [0.25, 0.3) is 6.08 Å². The molecular formula is C24H25N2O8+. The summed E-state index contributed by atoms with van der Waals surface area (Å²) in [6.45, 7) is 1.24. The number of hydrogen-bond donors (Lipinski definition) is 0. The van der Waals surface area contributed by atoms with Crippen LogP contribution >= 0.6 is 0 Å². The molecule has 2 aliphatic rings. The molecule has 0 unspecified atom stereocenters. The van der Waals surface area contributed by atoms with Gasteiger partial charge in [-0.15, -0.1) is 0 Å². The zero-order valence-electron chi connectivity index (χ0n) is 19.2. The highest BCUT2D eigenvalue weighted by Crippen LogP contribution is 2.50. The normalized spacial score (nSPS) is 18.4. The Kier molecular flexibility index (Phi) is 6.25. The Morgan fingerprint density at radius 1 is 1.15 bits per heavy atom. The van der Waals surface area contributed by atoms with Gasteiger partial charge in [0.15, 0.2) is 23.8 Å². The number of fused-ring (bicyclic) bond motifs is 2. The van der Waals surface area contributed by atoms with Crippen LogP contribution in [-0.2, 0) is 22.5 Å². The van der Waals surface area contributed by atoms with Gasteiger partial charge in [-0.25, -0.2) is 4.79 Å². The maximum Gasteiger partial charge on any atom is 0.361 e. The van der Waals surface area contributed by atoms with Crippen molar-refractivity contribution in [3.05, 3.63) is 62.7 Å². The summed E-state index contributed by atoms with van der Waals surface area (Å²) in [7, 11) is 4.85. The Balaban J connectivity index is 1.72. The lowest BCUT2D eigenvalue weighted by Crippen LogP contribution is -2.51. The molecule has 1 atom stereocenters. The van der Waals surface area contributed by atoms with Crippen molar-refractivity contribution in [1.82, 2.24) is 0 Å². The third-order valence-electron chi connectivity index (χ3n) is 6.15. The number of likely N-dealkylation sites (N-methyl/N-ethyl adjacent to an activating group) is 1. The summed E-state index contributed by atoms with van der Waals surface area (Å²) in [6.07, 6.45) is 3.55. The Hall–Kier alpha value is -3.92. The summed E-state index contributed by atoms with van der Waals surface area (Å²) in [6, 6.07) is 5.92. The average molecular weight is 469 g/mol. The largest absolute Gasteiger partial charge is 0.492 e. The first-order chi connectivity index (χ1) is 16.3. The molecule has 4 rings (SSSR count). The van der Waals surface area contributed by atoms with E-state index >= 15 is 0 Å². The fourth-order valence-electron chi connectivity index (χ4n) is 4.43. The Bertz CT molecular complexity index is 1190. The van der Waals surface area contributed by atoms with Gasteiger partial charge in [-0.2, -0.15) is 0 Å². The summed E-state index contributed by atoms with van der Waals surface area (Å²) in [4.78, 5) is 35.7. The molecule has 2 aromatic carbocycles. The zero-order valence-corrected chi connectivity index (χ0v) is 19.2. The van der Waals surface area contributed by atoms with Crippen molar-refractivity contribution in [2.45, 2.75) is 13.0 Å². The van der Waals surface area contributed by atoms with Gasteiger partial charge in [0.25, 0.3) is 5.69 Å². The molecule has 0 amide bonds. The van der Waals surface area contributed by atoms with E-state index in [0.29, 0.717) is 52.4 Å². The minimum atomic E-state index is -0.477. The van der Waals surface area contributed by atoms with Gasteiger partial charge < -0.3 is 23.4 Å². The molecule has 0 radical (unpaired) electrons. The van der Waals surface area contributed by atoms with Gasteiger partial charge in [0.1, 0.15) is 6.54 Å². The number of nitrogens with zero attached hydrogens (tertiary/aromatic N) is 2. The first-order valence-corrected chi connectivity index (χ1v) is 10.6. The monoisotopic (exact) mass is 469 g/mol. The molecule has 10 heteroatoms. The fraction of sp³-hybridized carbons (Fsp3) is 0.333. The molecule has 0 fully saturated rings. The van der Waals surface area contributed by atoms with E-state index in [9.17, 15) is 19.7 Å². The first-order valence-electron chi connectivity index (χ1n) is 10.6. The van der Waals surface area contributed by atoms with Gasteiger partial charge in [-0.3, -0.25) is 14.9 Å². The SMILES string of the molecule is COC(=O)C[N@@+]1(C)CCc2c(c(OC)c3c(c2C(=O)/C=C/c2ccc([N+](=O)[O-])cc2)OCO3)C1. The van der Waals surface area contributed by atoms with Gasteiger partial charge in [-0.05, 0) is 29.3 Å². The van der Waals surface area contributed by atoms with Crippen molar-refractivity contribution in [1.29, 1.82) is 0 Å². The molecule has 2 aliphatic heterocycles. The number of nitro benzene ring substituents is 1. The van der Waals surface area contributed by atoms with Crippen molar-refractivity contribution in [3.8, 4) is 17.2 Å². The van der Waals surface area contributed by atoms with Crippen LogP contribution in [0.15, 0.2) is 30.3 Å². The highest BCUT2D eigenvalue weighted by Gasteiger charge is 2.40. The lowest BCUT2D eigenvalue weighted by molar-refractivity contribution is -0.917. The van der Waals surface area contributed by atoms with Gasteiger partial charge >= 0.3 is 5.97 Å². The van der Waals surface area contributed by atoms with Crippen LogP contribution in [0.2, 0.25) is 0 Å². The number of hydrogen-bond acceptors (Lipinski definition) is 8. The summed E-state index contributed by atoms with van der Waals surface area (Å²) >= 11 is 0. The minimum absolute atomic E-state index is 0.0239. The van der Waals surface area contributed by atoms with Gasteiger partial charge in [0.05, 0.1) is 43.9 Å². The van der Waals surface area contributed by atoms with Gasteiger partial charge in [-0.1, -0.05) is 6.08 Å². The first kappa shape index (κ1) is 23.2. The van der Waals surface area contributed by atoms with Crippen LogP contribution in [0.3, 0.4) is 0 Å². The Morgan fingerprint density at radius 3 is 2.50 bits per heavy atom. The van der Waals surface area contributed by atoms with Crippen LogP contribution in [0, 0.1) is 10.1 Å². The molecule has 0 saturated carbocycles. The number of non-ortho nitro benzene ring substituents is 1. The lowest BCUT2D eigenvalue weighted by Gasteiger charge is -2.38. The van der Waals surface area contributed by atoms with Crippen LogP contribution in [0.5, 0.6) is 17.2 Å². The van der Waals surface area contributed by atoms with Crippen molar-refractivity contribution in [2.75, 3.05) is 41.1 Å². The third-order valence-corrected chi connectivity index (χ3v) is 6.15. The molecule has 0 aromatic heterocycles. The smallest absolute Gasteiger partial charge is 0.361 e. The van der Waals surface area contributed by atoms with Crippen molar-refractivity contribution < 1.29 is 37.9 Å². The maximum absolute atomic E-state index is 13.4. The predicted molar refractivity (Wildman–Crippen MR) is 121 cm³/mol. The molecule has 178 valence electrons. The van der Waals surface area contributed by atoms with E-state index in [1.807, 2.05) is 7.05 Å². The number of rotatable bonds is 7. The molecule has 10 nitrogen and oxygen atoms in total. The number of quaternary nitrogens is 1. The molecule has 0 aliphatic carbocycles. The number of nitro groups is 1. The van der Waals surface area contributed by atoms with E-state index in [1.54, 1.807) is 18.2 Å². The summed E-state index contributed by atoms with van der Waals surface area (Å²) in [5.41, 5.74) is 2.64. The standard InChI is InChI=1S/C24H25N2O8/c1-26(13-20(28)31-2)11-10-17-18(12-26)22(32-3)24-23(33-14-34-24)21(17)19(27)9-6-15-4-7-16(8-5-15)25(29)30/h4-9H,10-14H2,1-3H3/q+1/b9-6+/t26-/m0/s1. The van der Waals surface area contributed by atoms with Crippen LogP contribution in [0.4, 0.5) is 5.69 Å². The summed E-state index contributed by atoms with van der Waals surface area (Å²) in [5, 5.41) is 10.9. The minimum Gasteiger partial charge on any atom is -0.492 e. The third kappa shape index (κ3) is 4.32. The maximum atomic E-state index is 13.4. The molecule has 0 N–H and O–H groups in total. The summed E-state index contributed by atoms with van der Waals surface area (Å²) < 4.78 is 22.3. The molecule has 0 bridgehead atoms. The fourth-order valence-corrected chi connectivity index (χ4v) is 4.43. The highest BCUT2D eigenvalue weighted by molar-refractivity contribution is 6.11. The van der Waals surface area contributed by atoms with Crippen molar-refractivity contribution >= 4 is 23.5 Å². The molecule has 34 heavy (non-hydrogen) atoms. The second kappa shape index (κ2) is 9.14. The number of benzene rings is 2. The summed E-state index contributed by atoms with van der Waals surface area (Å²) in [5.74, 6) is 0.640. The number of ketones is 1. The number of carbonyl (C=O) groups excluding carboxylic acids is 2. The molecular weight excluding hydrogens is 444 g/mol. The second-order valence-corrected chi connectivity index (χ2v) is 8.46. The Labute approximate surface area is 196 Å². The van der Waals surface area contributed by atoms with Crippen molar-refractivity contribution in [2.24, 2.45) is 0 Å². The van der Waals surface area contributed by atoms with E-state index < -0.39 is 4.92 Å². The average Bonchev–Trinajstić information content (AvgIpc) is 3.30. The van der Waals surface area contributed by atoms with Crippen LogP contribution in [0.1, 0.15) is 27.0 Å².